The molecule has 2 bridgehead atoms. The van der Waals surface area contributed by atoms with E-state index in [4.69, 9.17) is 18.9 Å². The van der Waals surface area contributed by atoms with Gasteiger partial charge in [0.1, 0.15) is 11.2 Å². The van der Waals surface area contributed by atoms with Gasteiger partial charge in [0.25, 0.3) is 5.91 Å². The first-order chi connectivity index (χ1) is 33.5. The number of fused-ring (bicyclic) bond motifs is 6. The third-order valence-electron chi connectivity index (χ3n) is 17.9. The van der Waals surface area contributed by atoms with Crippen molar-refractivity contribution in [2.45, 2.75) is 119 Å². The summed E-state index contributed by atoms with van der Waals surface area (Å²) in [5, 5.41) is 18.1. The standard InChI is InChI=1S/C56H69N5O9/c1-10-52(58-46(63)37-19-17-36(18-20-37)33(3)4)29-35-30-55(50(64)68-8,45-39(21-25-60(31-35)32-52)38-15-12-13-16-42(38)57-45)41-27-40-43(28-44(41)67-7)59(6)48-54(40)23-26-61-24-14-22-53(11-2,47(54)61)49(70-34(5)62)56(48,66)51(65)69-9/h12-20,22,27-28,33,35,47-49,57,66H,10-11,21,23-26,29-32H2,1-9H3,(H,58,63)/t35-,47+,48-,49-,52+,53-,54-,55+,56+/m1/s1. The highest BCUT2D eigenvalue weighted by molar-refractivity contribution is 5.96. The second-order valence-corrected chi connectivity index (χ2v) is 21.5. The van der Waals surface area contributed by atoms with Crippen LogP contribution >= 0.6 is 0 Å². The summed E-state index contributed by atoms with van der Waals surface area (Å²) in [4.78, 5) is 68.4. The molecule has 14 nitrogen and oxygen atoms in total. The molecule has 6 heterocycles. The lowest BCUT2D eigenvalue weighted by Gasteiger charge is -2.63. The minimum atomic E-state index is -2.33. The molecule has 10 atom stereocenters. The van der Waals surface area contributed by atoms with E-state index in [0.717, 1.165) is 33.4 Å². The van der Waals surface area contributed by atoms with Gasteiger partial charge >= 0.3 is 17.9 Å². The Morgan fingerprint density at radius 2 is 1.66 bits per heavy atom. The van der Waals surface area contributed by atoms with Crippen molar-refractivity contribution in [2.75, 3.05) is 66.0 Å². The van der Waals surface area contributed by atoms with E-state index in [1.165, 1.54) is 26.7 Å². The molecule has 1 saturated carbocycles. The van der Waals surface area contributed by atoms with Crippen LogP contribution in [0, 0.1) is 11.3 Å². The molecule has 372 valence electrons. The number of esters is 3. The molecule has 14 heteroatoms. The van der Waals surface area contributed by atoms with Gasteiger partial charge in [-0.25, -0.2) is 4.79 Å². The molecule has 10 rings (SSSR count). The molecular formula is C56H69N5O9. The van der Waals surface area contributed by atoms with E-state index < -0.39 is 57.4 Å². The number of piperidine rings is 1. The largest absolute Gasteiger partial charge is 0.496 e. The van der Waals surface area contributed by atoms with Crippen molar-refractivity contribution >= 4 is 40.4 Å². The number of amides is 1. The summed E-state index contributed by atoms with van der Waals surface area (Å²) in [6.45, 7) is 13.1. The molecule has 1 aromatic heterocycles. The zero-order chi connectivity index (χ0) is 49.7. The quantitative estimate of drug-likeness (QED) is 0.0895. The van der Waals surface area contributed by atoms with Gasteiger partial charge in [-0.3, -0.25) is 19.3 Å². The number of para-hydroxylation sites is 1. The second kappa shape index (κ2) is 17.3. The fourth-order valence-electron chi connectivity index (χ4n) is 15.0. The molecule has 4 aromatic rings. The number of nitrogens with one attached hydrogen (secondary N) is 2. The van der Waals surface area contributed by atoms with Gasteiger partial charge in [-0.1, -0.05) is 70.2 Å². The van der Waals surface area contributed by atoms with Gasteiger partial charge in [0.2, 0.25) is 5.60 Å². The fraction of sp³-hybridized carbons (Fsp3) is 0.536. The fourth-order valence-corrected chi connectivity index (χ4v) is 15.0. The number of likely N-dealkylation sites (N-methyl/N-ethyl adjacent to an activating group) is 1. The van der Waals surface area contributed by atoms with Gasteiger partial charge in [-0.2, -0.15) is 0 Å². The molecule has 1 unspecified atom stereocenters. The summed E-state index contributed by atoms with van der Waals surface area (Å²) >= 11 is 0. The molecule has 1 amide bonds. The van der Waals surface area contributed by atoms with Gasteiger partial charge in [0.15, 0.2) is 6.10 Å². The normalized spacial score (nSPS) is 33.0. The van der Waals surface area contributed by atoms with Crippen LogP contribution in [-0.2, 0) is 45.8 Å². The summed E-state index contributed by atoms with van der Waals surface area (Å²) in [6, 6.07) is 18.8. The lowest BCUT2D eigenvalue weighted by Crippen LogP contribution is -2.81. The van der Waals surface area contributed by atoms with E-state index >= 15 is 4.79 Å². The second-order valence-electron chi connectivity index (χ2n) is 21.5. The Kier molecular flexibility index (Phi) is 11.8. The molecule has 1 aliphatic carbocycles. The third kappa shape index (κ3) is 6.67. The molecule has 1 spiro atoms. The Hall–Kier alpha value is -5.70. The number of aromatic amines is 1. The maximum absolute atomic E-state index is 15.8. The maximum Gasteiger partial charge on any atom is 0.344 e. The Morgan fingerprint density at radius 1 is 0.914 bits per heavy atom. The van der Waals surface area contributed by atoms with E-state index in [0.29, 0.717) is 94.0 Å². The van der Waals surface area contributed by atoms with Crippen LogP contribution in [0.25, 0.3) is 10.9 Å². The average Bonchev–Trinajstić information content (AvgIpc) is 4.03. The van der Waals surface area contributed by atoms with Gasteiger partial charge in [-0.05, 0) is 97.9 Å². The molecular weight excluding hydrogens is 887 g/mol. The van der Waals surface area contributed by atoms with Crippen molar-refractivity contribution in [3.8, 4) is 5.75 Å². The predicted molar refractivity (Wildman–Crippen MR) is 266 cm³/mol. The first-order valence-electron chi connectivity index (χ1n) is 25.2. The highest BCUT2D eigenvalue weighted by atomic mass is 16.6. The van der Waals surface area contributed by atoms with Crippen molar-refractivity contribution < 1.29 is 43.2 Å². The summed E-state index contributed by atoms with van der Waals surface area (Å²) in [7, 11) is 6.18. The van der Waals surface area contributed by atoms with E-state index in [2.05, 4.69) is 65.2 Å². The first kappa shape index (κ1) is 48.0. The molecule has 3 aromatic carbocycles. The molecule has 5 aliphatic heterocycles. The molecule has 6 aliphatic rings. The number of hydrogen-bond donors (Lipinski definition) is 3. The van der Waals surface area contributed by atoms with Crippen LogP contribution in [0.15, 0.2) is 72.8 Å². The summed E-state index contributed by atoms with van der Waals surface area (Å²) in [5.74, 6) is -1.40. The number of carbonyl (C=O) groups is 4. The Bertz CT molecular complexity index is 2790. The number of H-pyrrole nitrogens is 1. The van der Waals surface area contributed by atoms with Gasteiger partial charge < -0.3 is 44.2 Å². The maximum atomic E-state index is 15.8. The molecule has 3 N–H and O–H groups in total. The van der Waals surface area contributed by atoms with Gasteiger partial charge in [0, 0.05) is 96.5 Å². The number of carbonyl (C=O) groups excluding carboxylic acids is 4. The zero-order valence-corrected chi connectivity index (χ0v) is 42.1. The van der Waals surface area contributed by atoms with Crippen molar-refractivity contribution in [1.82, 2.24) is 20.1 Å². The zero-order valence-electron chi connectivity index (χ0n) is 42.1. The van der Waals surface area contributed by atoms with Crippen LogP contribution in [-0.4, -0.2) is 134 Å². The summed E-state index contributed by atoms with van der Waals surface area (Å²) in [5.41, 5.74) is 0.266. The molecule has 0 radical (unpaired) electrons. The lowest BCUT2D eigenvalue weighted by molar-refractivity contribution is -0.228. The van der Waals surface area contributed by atoms with Crippen molar-refractivity contribution in [2.24, 2.45) is 11.3 Å². The van der Waals surface area contributed by atoms with Crippen molar-refractivity contribution in [1.29, 1.82) is 0 Å². The van der Waals surface area contributed by atoms with Crippen LogP contribution < -0.4 is 15.0 Å². The number of ether oxygens (including phenoxy) is 4. The minimum Gasteiger partial charge on any atom is -0.496 e. The van der Waals surface area contributed by atoms with E-state index in [9.17, 15) is 19.5 Å². The topological polar surface area (TPSA) is 163 Å². The molecule has 70 heavy (non-hydrogen) atoms. The number of nitrogens with zero attached hydrogens (tertiary/aromatic N) is 3. The molecule has 2 saturated heterocycles. The van der Waals surface area contributed by atoms with Crippen LogP contribution in [0.4, 0.5) is 5.69 Å². The van der Waals surface area contributed by atoms with Crippen LogP contribution in [0.2, 0.25) is 0 Å². The van der Waals surface area contributed by atoms with Crippen LogP contribution in [0.3, 0.4) is 0 Å². The number of benzene rings is 3. The highest BCUT2D eigenvalue weighted by Crippen LogP contribution is 2.68. The van der Waals surface area contributed by atoms with E-state index in [1.807, 2.05) is 67.4 Å². The van der Waals surface area contributed by atoms with Crippen LogP contribution in [0.1, 0.15) is 111 Å². The number of aromatic nitrogens is 1. The molecule has 3 fully saturated rings. The monoisotopic (exact) mass is 956 g/mol. The predicted octanol–water partition coefficient (Wildman–Crippen LogP) is 6.55. The lowest BCUT2D eigenvalue weighted by atomic mass is 9.47. The summed E-state index contributed by atoms with van der Waals surface area (Å²) < 4.78 is 24.3. The Balaban J connectivity index is 1.20. The van der Waals surface area contributed by atoms with Gasteiger partial charge in [-0.15, -0.1) is 0 Å². The van der Waals surface area contributed by atoms with Crippen LogP contribution in [0.5, 0.6) is 5.75 Å². The Morgan fingerprint density at radius 3 is 2.33 bits per heavy atom. The number of hydrogen-bond acceptors (Lipinski definition) is 12. The van der Waals surface area contributed by atoms with E-state index in [-0.39, 0.29) is 17.9 Å². The number of aliphatic hydroxyl groups is 1. The average molecular weight is 956 g/mol. The number of rotatable bonds is 10. The van der Waals surface area contributed by atoms with Crippen molar-refractivity contribution in [3.05, 3.63) is 106 Å². The highest BCUT2D eigenvalue weighted by Gasteiger charge is 2.80. The number of methoxy groups -OCH3 is 3. The SMILES string of the molecule is CC[C@]1(NC(=O)c2ccc(C(C)C)cc2)C[C@H]2CN(CCc3c([nH]c4ccccc34)[C@@](C(=O)OC)(c3cc4c(cc3OC)N(C)[C@H]3[C@@](O)(C(=O)OC)[C@H](OC(C)=O)[C@]5(CC)C=CCN6CC[C@]43[C@@H]65)C2)C1. The Labute approximate surface area is 411 Å². The van der Waals surface area contributed by atoms with E-state index in [1.54, 1.807) is 7.11 Å². The van der Waals surface area contributed by atoms with Gasteiger partial charge in [0.05, 0.1) is 32.9 Å². The smallest absolute Gasteiger partial charge is 0.344 e. The first-order valence-corrected chi connectivity index (χ1v) is 25.2. The number of anilines is 1. The minimum absolute atomic E-state index is 0.122. The summed E-state index contributed by atoms with van der Waals surface area (Å²) in [6.07, 6.45) is 6.04. The van der Waals surface area contributed by atoms with Crippen molar-refractivity contribution in [3.63, 3.8) is 0 Å². The third-order valence-corrected chi connectivity index (χ3v) is 17.9.